The SMILES string of the molecule is COC(=O)Cc1ccc(NCC(C)N(CC(O[Si](C)(C)C(C)(C)C)c2cccc(Cl)c2)C(=O)OC(C)(C)C)cc1C(F)(F)F. The zero-order valence-electron chi connectivity index (χ0n) is 27.3. The maximum Gasteiger partial charge on any atom is 0.416 e. The molecule has 0 aliphatic rings. The highest BCUT2D eigenvalue weighted by molar-refractivity contribution is 6.74. The average Bonchev–Trinajstić information content (AvgIpc) is 2.87. The Hall–Kier alpha value is -2.76. The van der Waals surface area contributed by atoms with E-state index in [1.54, 1.807) is 33.8 Å². The zero-order valence-corrected chi connectivity index (χ0v) is 29.1. The van der Waals surface area contributed by atoms with Crippen molar-refractivity contribution in [3.05, 3.63) is 64.2 Å². The quantitative estimate of drug-likeness (QED) is 0.192. The van der Waals surface area contributed by atoms with Crippen molar-refractivity contribution in [2.75, 3.05) is 25.5 Å². The molecule has 2 rings (SSSR count). The lowest BCUT2D eigenvalue weighted by Gasteiger charge is -2.41. The molecule has 1 N–H and O–H groups in total. The Balaban J connectivity index is 2.44. The lowest BCUT2D eigenvalue weighted by Crippen LogP contribution is -2.49. The minimum Gasteiger partial charge on any atom is -0.469 e. The molecule has 1 amide bonds. The molecule has 0 aliphatic heterocycles. The number of alkyl halides is 3. The first-order valence-corrected chi connectivity index (χ1v) is 17.8. The molecule has 2 aromatic rings. The topological polar surface area (TPSA) is 77.1 Å². The van der Waals surface area contributed by atoms with Crippen LogP contribution in [0.5, 0.6) is 0 Å². The van der Waals surface area contributed by atoms with Crippen molar-refractivity contribution < 1.29 is 36.7 Å². The summed E-state index contributed by atoms with van der Waals surface area (Å²) >= 11 is 6.34. The second-order valence-corrected chi connectivity index (χ2v) is 18.6. The van der Waals surface area contributed by atoms with Gasteiger partial charge in [0.1, 0.15) is 5.60 Å². The number of ether oxygens (including phenoxy) is 2. The summed E-state index contributed by atoms with van der Waals surface area (Å²) in [7, 11) is -1.22. The maximum atomic E-state index is 13.9. The minimum atomic E-state index is -4.68. The molecule has 0 heterocycles. The van der Waals surface area contributed by atoms with Gasteiger partial charge >= 0.3 is 18.2 Å². The molecule has 0 aromatic heterocycles. The molecule has 44 heavy (non-hydrogen) atoms. The number of nitrogens with one attached hydrogen (secondary N) is 1. The summed E-state index contributed by atoms with van der Waals surface area (Å²) in [5.41, 5.74) is -0.928. The van der Waals surface area contributed by atoms with Crippen LogP contribution in [-0.2, 0) is 31.3 Å². The molecule has 2 unspecified atom stereocenters. The molecule has 246 valence electrons. The second kappa shape index (κ2) is 14.6. The number of hydrogen-bond donors (Lipinski definition) is 1. The number of carbonyl (C=O) groups excluding carboxylic acids is 2. The van der Waals surface area contributed by atoms with Gasteiger partial charge in [-0.15, -0.1) is 0 Å². The van der Waals surface area contributed by atoms with Crippen LogP contribution >= 0.6 is 11.6 Å². The number of amides is 1. The number of nitrogens with zero attached hydrogens (tertiary/aromatic N) is 1. The molecule has 0 saturated carbocycles. The third kappa shape index (κ3) is 11.0. The predicted octanol–water partition coefficient (Wildman–Crippen LogP) is 8.87. The number of anilines is 1. The van der Waals surface area contributed by atoms with Gasteiger partial charge in [0.05, 0.1) is 31.7 Å². The van der Waals surface area contributed by atoms with Crippen LogP contribution < -0.4 is 5.32 Å². The van der Waals surface area contributed by atoms with Gasteiger partial charge in [-0.3, -0.25) is 4.79 Å². The lowest BCUT2D eigenvalue weighted by molar-refractivity contribution is -0.141. The number of esters is 1. The van der Waals surface area contributed by atoms with Crippen molar-refractivity contribution in [2.24, 2.45) is 0 Å². The summed E-state index contributed by atoms with van der Waals surface area (Å²) in [5.74, 6) is -0.771. The van der Waals surface area contributed by atoms with Gasteiger partial charge in [0.15, 0.2) is 8.32 Å². The van der Waals surface area contributed by atoms with E-state index in [2.05, 4.69) is 43.9 Å². The van der Waals surface area contributed by atoms with Crippen LogP contribution in [0.15, 0.2) is 42.5 Å². The highest BCUT2D eigenvalue weighted by Crippen LogP contribution is 2.40. The van der Waals surface area contributed by atoms with Gasteiger partial charge in [-0.25, -0.2) is 4.79 Å². The van der Waals surface area contributed by atoms with Crippen LogP contribution in [0, 0.1) is 0 Å². The Kier molecular flexibility index (Phi) is 12.4. The molecule has 0 aliphatic carbocycles. The van der Waals surface area contributed by atoms with E-state index < -0.39 is 56.3 Å². The van der Waals surface area contributed by atoms with E-state index in [-0.39, 0.29) is 29.4 Å². The number of carbonyl (C=O) groups is 2. The third-order valence-electron chi connectivity index (χ3n) is 7.57. The Bertz CT molecular complexity index is 1290. The first kappa shape index (κ1) is 37.4. The fourth-order valence-corrected chi connectivity index (χ4v) is 5.57. The summed E-state index contributed by atoms with van der Waals surface area (Å²) in [6.45, 7) is 17.9. The largest absolute Gasteiger partial charge is 0.469 e. The van der Waals surface area contributed by atoms with Crippen molar-refractivity contribution in [3.8, 4) is 0 Å². The molecule has 7 nitrogen and oxygen atoms in total. The van der Waals surface area contributed by atoms with E-state index in [1.165, 1.54) is 17.0 Å². The van der Waals surface area contributed by atoms with Gasteiger partial charge in [0.2, 0.25) is 0 Å². The normalized spacial score (nSPS) is 14.0. The number of hydrogen-bond acceptors (Lipinski definition) is 6. The Morgan fingerprint density at radius 1 is 1.02 bits per heavy atom. The van der Waals surface area contributed by atoms with Crippen LogP contribution in [-0.4, -0.2) is 57.1 Å². The molecule has 12 heteroatoms. The average molecular weight is 659 g/mol. The standard InChI is InChI=1S/C32H46ClF3N2O5Si/c1-21(19-37-25-15-14-22(17-28(39)41-8)26(18-25)32(34,35)36)38(29(40)42-30(2,3)4)20-27(23-12-11-13-24(33)16-23)43-44(9,10)31(5,6)7/h11-16,18,21,27,37H,17,19-20H2,1-10H3. The Labute approximate surface area is 265 Å². The summed E-state index contributed by atoms with van der Waals surface area (Å²) in [4.78, 5) is 26.8. The van der Waals surface area contributed by atoms with E-state index in [4.69, 9.17) is 20.8 Å². The van der Waals surface area contributed by atoms with Crippen molar-refractivity contribution in [2.45, 2.75) is 96.9 Å². The van der Waals surface area contributed by atoms with Crippen LogP contribution in [0.25, 0.3) is 0 Å². The number of benzene rings is 2. The Morgan fingerprint density at radius 2 is 1.66 bits per heavy atom. The maximum absolute atomic E-state index is 13.9. The molecule has 0 radical (unpaired) electrons. The molecule has 0 saturated heterocycles. The first-order chi connectivity index (χ1) is 20.0. The Morgan fingerprint density at radius 3 is 2.18 bits per heavy atom. The molecule has 0 bridgehead atoms. The van der Waals surface area contributed by atoms with Crippen LogP contribution in [0.1, 0.15) is 71.3 Å². The fourth-order valence-electron chi connectivity index (χ4n) is 4.09. The number of methoxy groups -OCH3 is 1. The zero-order chi connectivity index (χ0) is 33.7. The first-order valence-electron chi connectivity index (χ1n) is 14.5. The van der Waals surface area contributed by atoms with Gasteiger partial charge in [-0.2, -0.15) is 13.2 Å². The smallest absolute Gasteiger partial charge is 0.416 e. The van der Waals surface area contributed by atoms with Crippen molar-refractivity contribution in [1.82, 2.24) is 4.90 Å². The lowest BCUT2D eigenvalue weighted by atomic mass is 10.0. The van der Waals surface area contributed by atoms with E-state index >= 15 is 0 Å². The van der Waals surface area contributed by atoms with Gasteiger partial charge in [0.25, 0.3) is 0 Å². The molecule has 2 atom stereocenters. The summed E-state index contributed by atoms with van der Waals surface area (Å²) < 4.78 is 58.7. The van der Waals surface area contributed by atoms with E-state index in [0.29, 0.717) is 5.02 Å². The number of halogens is 4. The summed E-state index contributed by atoms with van der Waals surface area (Å²) in [5, 5.41) is 3.43. The van der Waals surface area contributed by atoms with Crippen LogP contribution in [0.4, 0.5) is 23.7 Å². The third-order valence-corrected chi connectivity index (χ3v) is 12.3. The summed E-state index contributed by atoms with van der Waals surface area (Å²) in [6, 6.07) is 10.4. The van der Waals surface area contributed by atoms with Crippen molar-refractivity contribution in [3.63, 3.8) is 0 Å². The minimum absolute atomic E-state index is 0.106. The van der Waals surface area contributed by atoms with Crippen LogP contribution in [0.3, 0.4) is 0 Å². The van der Waals surface area contributed by atoms with E-state index in [1.807, 2.05) is 18.2 Å². The van der Waals surface area contributed by atoms with Gasteiger partial charge < -0.3 is 24.1 Å². The summed E-state index contributed by atoms with van der Waals surface area (Å²) in [6.07, 6.45) is -6.31. The molecule has 0 spiro atoms. The van der Waals surface area contributed by atoms with Gasteiger partial charge in [-0.05, 0) is 81.2 Å². The monoisotopic (exact) mass is 658 g/mol. The van der Waals surface area contributed by atoms with Gasteiger partial charge in [0, 0.05) is 23.3 Å². The highest BCUT2D eigenvalue weighted by Gasteiger charge is 2.41. The molecular formula is C32H46ClF3N2O5Si. The molecule has 2 aromatic carbocycles. The van der Waals surface area contributed by atoms with Crippen molar-refractivity contribution in [1.29, 1.82) is 0 Å². The predicted molar refractivity (Wildman–Crippen MR) is 171 cm³/mol. The van der Waals surface area contributed by atoms with Crippen LogP contribution in [0.2, 0.25) is 23.2 Å². The second-order valence-electron chi connectivity index (χ2n) is 13.4. The highest BCUT2D eigenvalue weighted by atomic mass is 35.5. The van der Waals surface area contributed by atoms with E-state index in [0.717, 1.165) is 18.7 Å². The molecular weight excluding hydrogens is 613 g/mol. The fraction of sp³-hybridized carbons (Fsp3) is 0.562. The van der Waals surface area contributed by atoms with Crippen molar-refractivity contribution >= 4 is 37.7 Å². The number of rotatable bonds is 11. The van der Waals surface area contributed by atoms with E-state index in [9.17, 15) is 22.8 Å². The molecule has 0 fully saturated rings. The van der Waals surface area contributed by atoms with Gasteiger partial charge in [-0.1, -0.05) is 50.6 Å².